The van der Waals surface area contributed by atoms with E-state index in [2.05, 4.69) is 32.4 Å². The van der Waals surface area contributed by atoms with Gasteiger partial charge in [-0.25, -0.2) is 13.2 Å². The van der Waals surface area contributed by atoms with Gasteiger partial charge in [-0.15, -0.1) is 0 Å². The van der Waals surface area contributed by atoms with E-state index in [1.807, 2.05) is 30.3 Å². The van der Waals surface area contributed by atoms with Gasteiger partial charge in [0.1, 0.15) is 0 Å². The van der Waals surface area contributed by atoms with E-state index in [1.165, 1.54) is 18.2 Å². The van der Waals surface area contributed by atoms with Crippen LogP contribution in [0.15, 0.2) is 71.6 Å². The predicted molar refractivity (Wildman–Crippen MR) is 160 cm³/mol. The van der Waals surface area contributed by atoms with Gasteiger partial charge in [-0.1, -0.05) is 35.2 Å². The van der Waals surface area contributed by atoms with Crippen LogP contribution in [0.3, 0.4) is 0 Å². The van der Waals surface area contributed by atoms with Gasteiger partial charge in [0.25, 0.3) is 15.9 Å². The van der Waals surface area contributed by atoms with Gasteiger partial charge in [-0.3, -0.25) is 14.5 Å². The highest BCUT2D eigenvalue weighted by molar-refractivity contribution is 7.89. The number of aryl methyl sites for hydroxylation is 1. The monoisotopic (exact) mass is 591 g/mol. The molecule has 1 amide bonds. The van der Waals surface area contributed by atoms with Crippen molar-refractivity contribution in [3.63, 3.8) is 0 Å². The van der Waals surface area contributed by atoms with Crippen molar-refractivity contribution in [2.24, 2.45) is 0 Å². The maximum Gasteiger partial charge on any atom is 0.336 e. The summed E-state index contributed by atoms with van der Waals surface area (Å²) in [5.41, 5.74) is 3.74. The molecule has 3 aromatic carbocycles. The Balaban J connectivity index is 1.35. The van der Waals surface area contributed by atoms with Crippen LogP contribution < -0.4 is 15.5 Å². The molecule has 0 aliphatic carbocycles. The van der Waals surface area contributed by atoms with Crippen LogP contribution in [0.1, 0.15) is 27.0 Å². The number of benzene rings is 3. The number of piperazine rings is 1. The molecule has 0 atom stereocenters. The number of carbonyl (C=O) groups excluding carboxylic acids is 1. The molecule has 5 rings (SSSR count). The second kappa shape index (κ2) is 12.4. The summed E-state index contributed by atoms with van der Waals surface area (Å²) in [6.45, 7) is 6.31. The average molecular weight is 592 g/mol. The Morgan fingerprint density at radius 3 is 2.38 bits per heavy atom. The largest absolute Gasteiger partial charge is 0.478 e. The smallest absolute Gasteiger partial charge is 0.336 e. The highest BCUT2D eigenvalue weighted by atomic mass is 32.2. The normalized spacial score (nSPS) is 17.0. The van der Waals surface area contributed by atoms with E-state index in [0.29, 0.717) is 40.3 Å². The molecule has 12 heteroatoms. The fraction of sp³-hybridized carbons (Fsp3) is 0.267. The lowest BCUT2D eigenvalue weighted by Gasteiger charge is -2.32. The quantitative estimate of drug-likeness (QED) is 0.159. The van der Waals surface area contributed by atoms with Gasteiger partial charge < -0.3 is 20.6 Å². The number of fused-ring (bicyclic) bond motifs is 1. The van der Waals surface area contributed by atoms with Gasteiger partial charge in [0.05, 0.1) is 34.0 Å². The summed E-state index contributed by atoms with van der Waals surface area (Å²) in [4.78, 5) is 36.8. The number of amides is 1. The molecule has 0 aromatic heterocycles. The van der Waals surface area contributed by atoms with Crippen molar-refractivity contribution < 1.29 is 28.0 Å². The number of carboxylic acids is 1. The standard InChI is InChI=1S/C30H33N5O6S/c1-20-18-25-26(19-24(20)30(37)38)32-29(36)27(25)28(21-6-4-3-5-7-21)31-22-8-10-23(11-9-22)42(39,40)33-41-17-16-35-14-12-34(2)13-15-35/h3-11,18-19,31,33H,12-17H2,1-2H3,(H,32,36)(H,37,38). The van der Waals surface area contributed by atoms with Crippen molar-refractivity contribution in [2.45, 2.75) is 11.8 Å². The Labute approximate surface area is 244 Å². The topological polar surface area (TPSA) is 140 Å². The first-order chi connectivity index (χ1) is 20.1. The Morgan fingerprint density at radius 1 is 1.02 bits per heavy atom. The minimum atomic E-state index is -3.90. The Bertz CT molecular complexity index is 1620. The summed E-state index contributed by atoms with van der Waals surface area (Å²) in [5, 5.41) is 15.6. The number of hydrogen-bond acceptors (Lipinski definition) is 8. The summed E-state index contributed by atoms with van der Waals surface area (Å²) >= 11 is 0. The van der Waals surface area contributed by atoms with Crippen LogP contribution in [0, 0.1) is 6.92 Å². The maximum absolute atomic E-state index is 13.2. The van der Waals surface area contributed by atoms with Crippen LogP contribution in [-0.4, -0.2) is 81.6 Å². The van der Waals surface area contributed by atoms with Gasteiger partial charge in [0.15, 0.2) is 0 Å². The minimum absolute atomic E-state index is 0.0299. The van der Waals surface area contributed by atoms with Gasteiger partial charge in [-0.2, -0.15) is 0 Å². The molecule has 0 radical (unpaired) electrons. The van der Waals surface area contributed by atoms with Gasteiger partial charge in [0.2, 0.25) is 0 Å². The van der Waals surface area contributed by atoms with Crippen LogP contribution in [0.2, 0.25) is 0 Å². The van der Waals surface area contributed by atoms with Crippen molar-refractivity contribution in [3.8, 4) is 0 Å². The summed E-state index contributed by atoms with van der Waals surface area (Å²) in [6.07, 6.45) is 0. The van der Waals surface area contributed by atoms with E-state index in [1.54, 1.807) is 25.1 Å². The highest BCUT2D eigenvalue weighted by Crippen LogP contribution is 2.39. The van der Waals surface area contributed by atoms with E-state index >= 15 is 0 Å². The number of rotatable bonds is 10. The predicted octanol–water partition coefficient (Wildman–Crippen LogP) is 3.08. The molecule has 11 nitrogen and oxygen atoms in total. The Hall–Kier alpha value is -4.07. The number of likely N-dealkylation sites (N-methyl/N-ethyl adjacent to an activating group) is 1. The van der Waals surface area contributed by atoms with Gasteiger partial charge >= 0.3 is 5.97 Å². The fourth-order valence-corrected chi connectivity index (χ4v) is 5.79. The molecule has 0 saturated carbocycles. The van der Waals surface area contributed by atoms with E-state index in [4.69, 9.17) is 4.84 Å². The average Bonchev–Trinajstić information content (AvgIpc) is 3.29. The molecule has 42 heavy (non-hydrogen) atoms. The number of nitrogens with zero attached hydrogens (tertiary/aromatic N) is 2. The minimum Gasteiger partial charge on any atom is -0.478 e. The zero-order valence-corrected chi connectivity index (χ0v) is 24.2. The first kappa shape index (κ1) is 29.4. The zero-order valence-electron chi connectivity index (χ0n) is 23.4. The number of carboxylic acid groups (broad SMARTS) is 1. The van der Waals surface area contributed by atoms with E-state index < -0.39 is 16.0 Å². The molecule has 0 bridgehead atoms. The lowest BCUT2D eigenvalue weighted by atomic mass is 9.96. The molecule has 2 aliphatic heterocycles. The van der Waals surface area contributed by atoms with E-state index in [-0.39, 0.29) is 23.0 Å². The SMILES string of the molecule is Cc1cc2c(cc1C(=O)O)NC(=O)C2=C(Nc1ccc(S(=O)(=O)NOCCN2CCN(C)CC2)cc1)c1ccccc1. The van der Waals surface area contributed by atoms with Crippen LogP contribution in [-0.2, 0) is 19.7 Å². The van der Waals surface area contributed by atoms with Crippen LogP contribution in [0.5, 0.6) is 0 Å². The van der Waals surface area contributed by atoms with Crippen molar-refractivity contribution >= 4 is 44.5 Å². The number of sulfonamides is 1. The number of anilines is 2. The summed E-state index contributed by atoms with van der Waals surface area (Å²) < 4.78 is 25.6. The van der Waals surface area contributed by atoms with Crippen molar-refractivity contribution in [1.82, 2.24) is 14.7 Å². The zero-order chi connectivity index (χ0) is 29.9. The Kier molecular flexibility index (Phi) is 8.71. The van der Waals surface area contributed by atoms with Gasteiger partial charge in [-0.05, 0) is 61.5 Å². The first-order valence-electron chi connectivity index (χ1n) is 13.5. The molecule has 1 saturated heterocycles. The van der Waals surface area contributed by atoms with Crippen LogP contribution in [0.4, 0.5) is 11.4 Å². The number of aromatic carboxylic acids is 1. The second-order valence-corrected chi connectivity index (χ2v) is 12.0. The molecule has 2 heterocycles. The molecule has 2 aliphatic rings. The summed E-state index contributed by atoms with van der Waals surface area (Å²) in [6, 6.07) is 18.5. The second-order valence-electron chi connectivity index (χ2n) is 10.3. The number of carbonyl (C=O) groups is 2. The van der Waals surface area contributed by atoms with Crippen LogP contribution in [0.25, 0.3) is 11.3 Å². The molecule has 1 fully saturated rings. The van der Waals surface area contributed by atoms with E-state index in [9.17, 15) is 23.1 Å². The maximum atomic E-state index is 13.2. The third-order valence-corrected chi connectivity index (χ3v) is 8.59. The lowest BCUT2D eigenvalue weighted by Crippen LogP contribution is -2.45. The van der Waals surface area contributed by atoms with Crippen molar-refractivity contribution in [2.75, 3.05) is 57.0 Å². The number of nitrogens with one attached hydrogen (secondary N) is 3. The molecule has 220 valence electrons. The third kappa shape index (κ3) is 6.53. The summed E-state index contributed by atoms with van der Waals surface area (Å²) in [7, 11) is -1.83. The fourth-order valence-electron chi connectivity index (χ4n) is 4.96. The molecular formula is C30H33N5O6S. The third-order valence-electron chi connectivity index (χ3n) is 7.36. The van der Waals surface area contributed by atoms with Gasteiger partial charge in [0, 0.05) is 44.0 Å². The molecule has 4 N–H and O–H groups in total. The first-order valence-corrected chi connectivity index (χ1v) is 15.0. The van der Waals surface area contributed by atoms with Crippen molar-refractivity contribution in [1.29, 1.82) is 0 Å². The van der Waals surface area contributed by atoms with E-state index in [0.717, 1.165) is 31.7 Å². The highest BCUT2D eigenvalue weighted by Gasteiger charge is 2.30. The molecule has 0 spiro atoms. The molecule has 3 aromatic rings. The lowest BCUT2D eigenvalue weighted by molar-refractivity contribution is -0.110. The summed E-state index contributed by atoms with van der Waals surface area (Å²) in [5.74, 6) is -1.45. The van der Waals surface area contributed by atoms with Crippen LogP contribution >= 0.6 is 0 Å². The Morgan fingerprint density at radius 2 is 1.71 bits per heavy atom. The van der Waals surface area contributed by atoms with Crippen molar-refractivity contribution in [3.05, 3.63) is 89.0 Å². The number of hydrogen-bond donors (Lipinski definition) is 4. The molecular weight excluding hydrogens is 558 g/mol. The molecule has 0 unspecified atom stereocenters.